The monoisotopic (exact) mass is 566 g/mol. The van der Waals surface area contributed by atoms with Crippen LogP contribution >= 0.6 is 0 Å². The van der Waals surface area contributed by atoms with Crippen LogP contribution in [0.15, 0.2) is 73.1 Å². The van der Waals surface area contributed by atoms with Crippen LogP contribution in [0.4, 0.5) is 24.8 Å². The Labute approximate surface area is 236 Å². The van der Waals surface area contributed by atoms with Gasteiger partial charge in [0, 0.05) is 58.4 Å². The summed E-state index contributed by atoms with van der Waals surface area (Å²) in [5, 5.41) is 5.77. The molecule has 0 fully saturated rings. The molecule has 5 aromatic rings. The Morgan fingerprint density at radius 3 is 2.54 bits per heavy atom. The molecule has 0 spiro atoms. The Morgan fingerprint density at radius 2 is 1.78 bits per heavy atom. The van der Waals surface area contributed by atoms with Crippen LogP contribution in [0.25, 0.3) is 22.2 Å². The fourth-order valence-electron chi connectivity index (χ4n) is 4.18. The first kappa shape index (κ1) is 27.4. The number of hydrogen-bond acceptors (Lipinski definition) is 7. The fraction of sp³-hybridized carbons (Fsp3) is 0.172. The van der Waals surface area contributed by atoms with Gasteiger partial charge in [0.05, 0.1) is 11.0 Å². The number of nitrogens with zero attached hydrogens (tertiary/aromatic N) is 4. The third-order valence-corrected chi connectivity index (χ3v) is 6.11. The van der Waals surface area contributed by atoms with Gasteiger partial charge in [0.2, 0.25) is 5.95 Å². The van der Waals surface area contributed by atoms with Gasteiger partial charge in [-0.15, -0.1) is 0 Å². The Hall–Kier alpha value is -5.13. The third-order valence-electron chi connectivity index (χ3n) is 6.11. The molecule has 0 saturated carbocycles. The molecule has 0 atom stereocenters. The molecule has 3 aromatic heterocycles. The topological polar surface area (TPSA) is 103 Å². The van der Waals surface area contributed by atoms with Crippen LogP contribution in [0.3, 0.4) is 0 Å². The number of ether oxygens (including phenoxy) is 2. The van der Waals surface area contributed by atoms with Gasteiger partial charge in [-0.2, -0.15) is 13.2 Å². The summed E-state index contributed by atoms with van der Waals surface area (Å²) in [5.41, 5.74) is 4.15. The number of benzene rings is 2. The van der Waals surface area contributed by atoms with E-state index in [0.29, 0.717) is 45.5 Å². The number of nitrogens with one attached hydrogen (secondary N) is 2. The molecule has 2 aromatic carbocycles. The minimum Gasteiger partial charge on any atom is -0.483 e. The Balaban J connectivity index is 0.00000253. The van der Waals surface area contributed by atoms with E-state index in [9.17, 15) is 18.0 Å². The summed E-state index contributed by atoms with van der Waals surface area (Å²) in [6, 6.07) is 16.9. The van der Waals surface area contributed by atoms with Gasteiger partial charge in [-0.25, -0.2) is 4.98 Å². The zero-order valence-corrected chi connectivity index (χ0v) is 22.3. The number of rotatable bonds is 8. The molecule has 0 unspecified atom stereocenters. The Kier molecular flexibility index (Phi) is 7.47. The maximum absolute atomic E-state index is 12.9. The lowest BCUT2D eigenvalue weighted by Gasteiger charge is -2.15. The number of halogens is 3. The van der Waals surface area contributed by atoms with Gasteiger partial charge in [0.25, 0.3) is 5.91 Å². The molecule has 3 heterocycles. The van der Waals surface area contributed by atoms with Crippen LogP contribution in [0.5, 0.6) is 17.2 Å². The smallest absolute Gasteiger partial charge is 0.422 e. The number of aromatic nitrogens is 4. The highest BCUT2D eigenvalue weighted by Gasteiger charge is 2.29. The van der Waals surface area contributed by atoms with Crippen molar-refractivity contribution >= 4 is 28.6 Å². The molecule has 0 radical (unpaired) electrons. The average molecular weight is 567 g/mol. The van der Waals surface area contributed by atoms with E-state index in [4.69, 9.17) is 9.47 Å². The number of imidazole rings is 1. The molecule has 9 nitrogen and oxygen atoms in total. The number of anilines is 2. The number of hydrogen-bond donors (Lipinski definition) is 2. The molecule has 0 aliphatic carbocycles. The summed E-state index contributed by atoms with van der Waals surface area (Å²) in [6.45, 7) is 0.396. The van der Waals surface area contributed by atoms with Gasteiger partial charge in [-0.1, -0.05) is 0 Å². The maximum Gasteiger partial charge on any atom is 0.422 e. The van der Waals surface area contributed by atoms with E-state index in [-0.39, 0.29) is 20.2 Å². The molecule has 214 valence electrons. The van der Waals surface area contributed by atoms with Gasteiger partial charge in [0.15, 0.2) is 6.61 Å². The van der Waals surface area contributed by atoms with Gasteiger partial charge in [-0.3, -0.25) is 14.8 Å². The van der Waals surface area contributed by atoms with Crippen LogP contribution in [-0.4, -0.2) is 45.3 Å². The molecule has 0 bridgehead atoms. The van der Waals surface area contributed by atoms with E-state index in [0.717, 1.165) is 5.52 Å². The number of carbonyl (C=O) groups is 1. The summed E-state index contributed by atoms with van der Waals surface area (Å²) in [7, 11) is 3.36. The summed E-state index contributed by atoms with van der Waals surface area (Å²) in [6.07, 6.45) is -1.39. The standard InChI is InChI=1S/C29H25F3N6O3.2H2/c1-17-12-18(8-10-34-17)22-13-19(4-7-26(22)40-16-29(30,31)32)36-28-37-23-14-20(5-6-25(23)38(28)3)41-21-9-11-35-24(15-21)27(39)33-2;;/h4-15H,16H2,1-3H3,(H,33,39)(H,36,37);2*1H. The molecule has 2 N–H and O–H groups in total. The summed E-state index contributed by atoms with van der Waals surface area (Å²) in [4.78, 5) is 24.8. The van der Waals surface area contributed by atoms with E-state index in [1.807, 2.05) is 17.7 Å². The predicted octanol–water partition coefficient (Wildman–Crippen LogP) is 6.67. The van der Waals surface area contributed by atoms with Crippen molar-refractivity contribution in [3.63, 3.8) is 0 Å². The van der Waals surface area contributed by atoms with Crippen LogP contribution in [0.2, 0.25) is 0 Å². The number of pyridine rings is 2. The van der Waals surface area contributed by atoms with Crippen LogP contribution in [0, 0.1) is 6.92 Å². The summed E-state index contributed by atoms with van der Waals surface area (Å²) < 4.78 is 51.6. The van der Waals surface area contributed by atoms with Crippen LogP contribution in [-0.2, 0) is 7.05 Å². The van der Waals surface area contributed by atoms with Gasteiger partial charge in [-0.05, 0) is 61.0 Å². The summed E-state index contributed by atoms with van der Waals surface area (Å²) >= 11 is 0. The molecule has 12 heteroatoms. The van der Waals surface area contributed by atoms with E-state index in [1.165, 1.54) is 19.3 Å². The van der Waals surface area contributed by atoms with Gasteiger partial charge < -0.3 is 24.7 Å². The first-order valence-electron chi connectivity index (χ1n) is 12.5. The highest BCUT2D eigenvalue weighted by Crippen LogP contribution is 2.35. The van der Waals surface area contributed by atoms with Crippen molar-refractivity contribution in [3.05, 3.63) is 84.4 Å². The Bertz CT molecular complexity index is 1750. The van der Waals surface area contributed by atoms with E-state index in [2.05, 4.69) is 25.6 Å². The van der Waals surface area contributed by atoms with E-state index in [1.54, 1.807) is 61.7 Å². The lowest BCUT2D eigenvalue weighted by Crippen LogP contribution is -2.19. The van der Waals surface area contributed by atoms with Crippen molar-refractivity contribution in [2.75, 3.05) is 19.0 Å². The highest BCUT2D eigenvalue weighted by atomic mass is 19.4. The minimum absolute atomic E-state index is 0. The van der Waals surface area contributed by atoms with Crippen LogP contribution < -0.4 is 20.1 Å². The normalized spacial score (nSPS) is 11.4. The number of aryl methyl sites for hydroxylation is 2. The molecule has 0 aliphatic rings. The van der Waals surface area contributed by atoms with Gasteiger partial charge >= 0.3 is 6.18 Å². The van der Waals surface area contributed by atoms with Crippen LogP contribution in [0.1, 0.15) is 19.0 Å². The zero-order valence-electron chi connectivity index (χ0n) is 22.3. The second kappa shape index (κ2) is 11.2. The van der Waals surface area contributed by atoms with Crippen molar-refractivity contribution in [2.45, 2.75) is 13.1 Å². The molecular formula is C29H29F3N6O3. The van der Waals surface area contributed by atoms with Gasteiger partial charge in [0.1, 0.15) is 22.9 Å². The SMILES string of the molecule is CNC(=O)c1cc(Oc2ccc3c(c2)nc(Nc2ccc(OCC(F)(F)F)c(-c4ccnc(C)c4)c2)n3C)ccn1.[HH].[HH]. The molecule has 0 aliphatic heterocycles. The number of amides is 1. The molecule has 1 amide bonds. The maximum atomic E-state index is 12.9. The Morgan fingerprint density at radius 1 is 1.00 bits per heavy atom. The zero-order chi connectivity index (χ0) is 29.1. The predicted molar refractivity (Wildman–Crippen MR) is 152 cm³/mol. The average Bonchev–Trinajstić information content (AvgIpc) is 3.25. The second-order valence-electron chi connectivity index (χ2n) is 9.13. The second-order valence-corrected chi connectivity index (χ2v) is 9.13. The van der Waals surface area contributed by atoms with Crippen molar-refractivity contribution in [2.24, 2.45) is 7.05 Å². The van der Waals surface area contributed by atoms with Crippen molar-refractivity contribution in [1.82, 2.24) is 24.8 Å². The van der Waals surface area contributed by atoms with Crippen molar-refractivity contribution in [3.8, 4) is 28.4 Å². The van der Waals surface area contributed by atoms with E-state index < -0.39 is 12.8 Å². The van der Waals surface area contributed by atoms with E-state index >= 15 is 0 Å². The highest BCUT2D eigenvalue weighted by molar-refractivity contribution is 5.92. The minimum atomic E-state index is -4.47. The number of alkyl halides is 3. The first-order valence-corrected chi connectivity index (χ1v) is 12.5. The largest absolute Gasteiger partial charge is 0.483 e. The first-order chi connectivity index (χ1) is 19.6. The van der Waals surface area contributed by atoms with Crippen molar-refractivity contribution in [1.29, 1.82) is 0 Å². The fourth-order valence-corrected chi connectivity index (χ4v) is 4.18. The number of carbonyl (C=O) groups excluding carboxylic acids is 1. The quantitative estimate of drug-likeness (QED) is 0.216. The molecule has 41 heavy (non-hydrogen) atoms. The summed E-state index contributed by atoms with van der Waals surface area (Å²) in [5.74, 6) is 1.23. The molecule has 5 rings (SSSR count). The lowest BCUT2D eigenvalue weighted by atomic mass is 10.0. The van der Waals surface area contributed by atoms with Crippen molar-refractivity contribution < 1.29 is 30.3 Å². The molecular weight excluding hydrogens is 537 g/mol. The molecule has 0 saturated heterocycles. The number of fused-ring (bicyclic) bond motifs is 1. The third kappa shape index (κ3) is 6.38. The lowest BCUT2D eigenvalue weighted by molar-refractivity contribution is -0.153.